The number of para-hydroxylation sites is 1. The van der Waals surface area contributed by atoms with Crippen molar-refractivity contribution in [2.45, 2.75) is 19.8 Å². The lowest BCUT2D eigenvalue weighted by Crippen LogP contribution is -2.20. The molecule has 4 nitrogen and oxygen atoms in total. The van der Waals surface area contributed by atoms with Crippen LogP contribution in [0.5, 0.6) is 5.75 Å². The monoisotopic (exact) mass is 346 g/mol. The van der Waals surface area contributed by atoms with Crippen molar-refractivity contribution in [2.24, 2.45) is 0 Å². The van der Waals surface area contributed by atoms with E-state index in [2.05, 4.69) is 17.2 Å². The molecule has 0 spiro atoms. The van der Waals surface area contributed by atoms with Gasteiger partial charge in [0, 0.05) is 18.1 Å². The molecule has 0 bridgehead atoms. The second kappa shape index (κ2) is 8.81. The molecule has 0 fully saturated rings. The zero-order valence-electron chi connectivity index (χ0n) is 14.8. The van der Waals surface area contributed by atoms with Crippen molar-refractivity contribution < 1.29 is 9.53 Å². The van der Waals surface area contributed by atoms with Crippen LogP contribution in [0.4, 0.5) is 5.69 Å². The normalized spacial score (nSPS) is 10.3. The molecule has 1 amide bonds. The predicted octanol–water partition coefficient (Wildman–Crippen LogP) is 4.25. The number of rotatable bonds is 7. The van der Waals surface area contributed by atoms with Crippen LogP contribution in [-0.4, -0.2) is 17.5 Å². The van der Waals surface area contributed by atoms with Crippen LogP contribution in [0.2, 0.25) is 0 Å². The van der Waals surface area contributed by atoms with Crippen LogP contribution >= 0.6 is 0 Å². The Morgan fingerprint density at radius 2 is 1.65 bits per heavy atom. The molecule has 0 saturated carbocycles. The highest BCUT2D eigenvalue weighted by Crippen LogP contribution is 2.18. The molecule has 3 aromatic rings. The number of nitrogens with one attached hydrogen (secondary N) is 1. The average molecular weight is 346 g/mol. The van der Waals surface area contributed by atoms with Crippen LogP contribution in [-0.2, 0) is 17.6 Å². The molecular formula is C22H22N2O2. The number of nitrogens with zero attached hydrogens (tertiary/aromatic N) is 1. The highest BCUT2D eigenvalue weighted by molar-refractivity contribution is 5.91. The third kappa shape index (κ3) is 4.93. The van der Waals surface area contributed by atoms with Gasteiger partial charge in [0.25, 0.3) is 5.91 Å². The molecule has 4 heteroatoms. The van der Waals surface area contributed by atoms with E-state index < -0.39 is 0 Å². The van der Waals surface area contributed by atoms with Crippen molar-refractivity contribution >= 4 is 11.6 Å². The number of ether oxygens (including phenoxy) is 1. The number of pyridine rings is 1. The first-order valence-corrected chi connectivity index (χ1v) is 8.73. The van der Waals surface area contributed by atoms with Gasteiger partial charge in [-0.15, -0.1) is 0 Å². The fraction of sp³-hybridized carbons (Fsp3) is 0.182. The minimum absolute atomic E-state index is 0.00419. The summed E-state index contributed by atoms with van der Waals surface area (Å²) in [5.41, 5.74) is 4.25. The van der Waals surface area contributed by atoms with Crippen LogP contribution in [0.25, 0.3) is 0 Å². The van der Waals surface area contributed by atoms with Gasteiger partial charge >= 0.3 is 0 Å². The molecule has 2 aromatic carbocycles. The summed E-state index contributed by atoms with van der Waals surface area (Å²) in [4.78, 5) is 16.1. The topological polar surface area (TPSA) is 51.2 Å². The van der Waals surface area contributed by atoms with Gasteiger partial charge < -0.3 is 10.1 Å². The van der Waals surface area contributed by atoms with Gasteiger partial charge in [-0.05, 0) is 59.9 Å². The maximum atomic E-state index is 12.1. The molecule has 26 heavy (non-hydrogen) atoms. The second-order valence-electron chi connectivity index (χ2n) is 6.03. The third-order valence-electron chi connectivity index (χ3n) is 4.11. The lowest BCUT2D eigenvalue weighted by Gasteiger charge is -2.11. The van der Waals surface area contributed by atoms with E-state index in [0.29, 0.717) is 0 Å². The molecule has 0 aliphatic rings. The van der Waals surface area contributed by atoms with E-state index in [-0.39, 0.29) is 12.5 Å². The molecular weight excluding hydrogens is 324 g/mol. The number of amides is 1. The van der Waals surface area contributed by atoms with Crippen molar-refractivity contribution in [1.29, 1.82) is 0 Å². The van der Waals surface area contributed by atoms with Crippen LogP contribution in [0, 0.1) is 0 Å². The van der Waals surface area contributed by atoms with Gasteiger partial charge in [-0.2, -0.15) is 0 Å². The van der Waals surface area contributed by atoms with Crippen LogP contribution in [0.15, 0.2) is 73.1 Å². The number of hydrogen-bond donors (Lipinski definition) is 1. The number of carbonyl (C=O) groups excluding carboxylic acids is 1. The smallest absolute Gasteiger partial charge is 0.262 e. The van der Waals surface area contributed by atoms with Gasteiger partial charge in [0.15, 0.2) is 6.61 Å². The minimum atomic E-state index is -0.169. The molecule has 0 atom stereocenters. The first-order valence-electron chi connectivity index (χ1n) is 8.73. The van der Waals surface area contributed by atoms with Gasteiger partial charge in [-0.1, -0.05) is 37.3 Å². The zero-order chi connectivity index (χ0) is 18.2. The van der Waals surface area contributed by atoms with Gasteiger partial charge in [0.2, 0.25) is 0 Å². The van der Waals surface area contributed by atoms with Crippen LogP contribution in [0.3, 0.4) is 0 Å². The van der Waals surface area contributed by atoms with Gasteiger partial charge in [0.1, 0.15) is 5.75 Å². The van der Waals surface area contributed by atoms with E-state index in [1.165, 1.54) is 11.1 Å². The number of benzene rings is 2. The summed E-state index contributed by atoms with van der Waals surface area (Å²) in [6.07, 6.45) is 5.30. The van der Waals surface area contributed by atoms with Gasteiger partial charge in [-0.3, -0.25) is 9.78 Å². The fourth-order valence-electron chi connectivity index (χ4n) is 2.72. The largest absolute Gasteiger partial charge is 0.483 e. The Balaban J connectivity index is 1.53. The Morgan fingerprint density at radius 3 is 2.38 bits per heavy atom. The highest BCUT2D eigenvalue weighted by atomic mass is 16.5. The second-order valence-corrected chi connectivity index (χ2v) is 6.03. The van der Waals surface area contributed by atoms with E-state index >= 15 is 0 Å². The van der Waals surface area contributed by atoms with E-state index in [9.17, 15) is 4.79 Å². The van der Waals surface area contributed by atoms with Crippen LogP contribution in [0.1, 0.15) is 23.6 Å². The van der Waals surface area contributed by atoms with Crippen molar-refractivity contribution in [3.63, 3.8) is 0 Å². The number of anilines is 1. The van der Waals surface area contributed by atoms with E-state index in [1.807, 2.05) is 60.7 Å². The Kier molecular flexibility index (Phi) is 5.99. The average Bonchev–Trinajstić information content (AvgIpc) is 2.69. The molecule has 132 valence electrons. The quantitative estimate of drug-likeness (QED) is 0.696. The lowest BCUT2D eigenvalue weighted by molar-refractivity contribution is -0.118. The zero-order valence-corrected chi connectivity index (χ0v) is 14.8. The number of hydrogen-bond acceptors (Lipinski definition) is 3. The number of carbonyl (C=O) groups is 1. The Bertz CT molecular complexity index is 846. The van der Waals surface area contributed by atoms with Crippen molar-refractivity contribution in [1.82, 2.24) is 4.98 Å². The molecule has 0 aliphatic heterocycles. The minimum Gasteiger partial charge on any atom is -0.483 e. The molecule has 0 radical (unpaired) electrons. The first kappa shape index (κ1) is 17.7. The molecule has 1 N–H and O–H groups in total. The van der Waals surface area contributed by atoms with E-state index in [0.717, 1.165) is 29.8 Å². The molecule has 3 rings (SSSR count). The summed E-state index contributed by atoms with van der Waals surface area (Å²) < 4.78 is 5.65. The highest BCUT2D eigenvalue weighted by Gasteiger charge is 2.06. The molecule has 0 saturated heterocycles. The van der Waals surface area contributed by atoms with E-state index in [4.69, 9.17) is 4.74 Å². The van der Waals surface area contributed by atoms with Gasteiger partial charge in [-0.25, -0.2) is 0 Å². The summed E-state index contributed by atoms with van der Waals surface area (Å²) in [6.45, 7) is 2.06. The summed E-state index contributed by atoms with van der Waals surface area (Å²) in [6, 6.07) is 19.6. The Hall–Kier alpha value is -3.14. The summed E-state index contributed by atoms with van der Waals surface area (Å²) >= 11 is 0. The Labute approximate surface area is 153 Å². The SMILES string of the molecule is CCc1ccccc1OCC(=O)Nc1ccc(Cc2ccncc2)cc1. The van der Waals surface area contributed by atoms with Crippen LogP contribution < -0.4 is 10.1 Å². The molecule has 0 unspecified atom stereocenters. The molecule has 1 aromatic heterocycles. The van der Waals surface area contributed by atoms with E-state index in [1.54, 1.807) is 12.4 Å². The maximum absolute atomic E-state index is 12.1. The number of aryl methyl sites for hydroxylation is 1. The fourth-order valence-corrected chi connectivity index (χ4v) is 2.72. The number of aromatic nitrogens is 1. The summed E-state index contributed by atoms with van der Waals surface area (Å²) in [7, 11) is 0. The molecule has 0 aliphatic carbocycles. The van der Waals surface area contributed by atoms with Crippen molar-refractivity contribution in [3.8, 4) is 5.75 Å². The lowest BCUT2D eigenvalue weighted by atomic mass is 10.1. The maximum Gasteiger partial charge on any atom is 0.262 e. The summed E-state index contributed by atoms with van der Waals surface area (Å²) in [5.74, 6) is 0.593. The van der Waals surface area contributed by atoms with Gasteiger partial charge in [0.05, 0.1) is 0 Å². The Morgan fingerprint density at radius 1 is 0.962 bits per heavy atom. The standard InChI is InChI=1S/C22H22N2O2/c1-2-19-5-3-4-6-21(19)26-16-22(25)24-20-9-7-17(8-10-20)15-18-11-13-23-14-12-18/h3-14H,2,15-16H2,1H3,(H,24,25). The van der Waals surface area contributed by atoms with Crippen molar-refractivity contribution in [3.05, 3.63) is 89.7 Å². The van der Waals surface area contributed by atoms with Crippen molar-refractivity contribution in [2.75, 3.05) is 11.9 Å². The first-order chi connectivity index (χ1) is 12.7. The molecule has 1 heterocycles. The predicted molar refractivity (Wildman–Crippen MR) is 103 cm³/mol. The summed E-state index contributed by atoms with van der Waals surface area (Å²) in [5, 5.41) is 2.87. The third-order valence-corrected chi connectivity index (χ3v) is 4.11.